The van der Waals surface area contributed by atoms with Gasteiger partial charge < -0.3 is 24.3 Å². The summed E-state index contributed by atoms with van der Waals surface area (Å²) in [5.41, 5.74) is 3.65. The van der Waals surface area contributed by atoms with Crippen molar-refractivity contribution in [1.82, 2.24) is 19.3 Å². The number of anilines is 2. The summed E-state index contributed by atoms with van der Waals surface area (Å²) in [5.74, 6) is -0.323. The SMILES string of the molecule is [CH2-]C(C)[n+]1cnc2c(C(=O)Nc3cc(C#N)c4nc(C)cn4c3)ccc(N3CCC(N(C(=O)OC(C)(C)C)C4CC4)CC3)c2c1.[Es]. The Hall–Kier alpha value is -5.72. The molecule has 2 amide bonds. The number of nitrogens with one attached hydrogen (secondary N) is 1. The molecule has 6 rings (SSSR count). The number of hydrogen-bond acceptors (Lipinski definition) is 7. The van der Waals surface area contributed by atoms with Crippen LogP contribution in [0.25, 0.3) is 16.6 Å². The zero-order chi connectivity index (χ0) is 32.0. The van der Waals surface area contributed by atoms with Crippen LogP contribution >= 0.6 is 0 Å². The molecule has 1 aromatic carbocycles. The number of ether oxygens (including phenoxy) is 1. The average molecular weight is 861 g/mol. The molecule has 1 aliphatic carbocycles. The number of rotatable bonds is 6. The summed E-state index contributed by atoms with van der Waals surface area (Å²) in [7, 11) is 0. The standard InChI is InChI=1S/C34H40N8O3.Es/c1-21(2)41-19-28-29(39-13-11-26(12-14-39)42(25-7-8-25)33(44)45-34(4,5)6)10-9-27(30(28)36-20-41)32(43)38-24-15-23(16-35)31-37-22(3)17-40(31)18-24;/h9-10,15,17-21,25-26H,1,7-8,11-14H2,2-6H3,(H,38,43);. The number of nitrogens with zero attached hydrogens (tertiary/aromatic N) is 7. The Morgan fingerprint density at radius 2 is 1.87 bits per heavy atom. The number of fused-ring (bicyclic) bond motifs is 2. The minimum Gasteiger partial charge on any atom is -0.444 e. The van der Waals surface area contributed by atoms with Crippen molar-refractivity contribution in [2.45, 2.75) is 84.0 Å². The van der Waals surface area contributed by atoms with E-state index in [4.69, 9.17) is 9.72 Å². The van der Waals surface area contributed by atoms with Crippen molar-refractivity contribution >= 4 is 39.9 Å². The second-order valence-electron chi connectivity index (χ2n) is 13.2. The number of aryl methyl sites for hydroxylation is 1. The fourth-order valence-corrected chi connectivity index (χ4v) is 6.09. The van der Waals surface area contributed by atoms with Gasteiger partial charge in [-0.25, -0.2) is 9.78 Å². The van der Waals surface area contributed by atoms with Crippen molar-refractivity contribution < 1.29 is 18.9 Å². The Bertz CT molecular complexity index is 1830. The number of imidazole rings is 1. The second kappa shape index (κ2) is 12.0. The fraction of sp³-hybridized carbons (Fsp3) is 0.441. The summed E-state index contributed by atoms with van der Waals surface area (Å²) in [5, 5.41) is 13.5. The van der Waals surface area contributed by atoms with E-state index in [9.17, 15) is 14.9 Å². The van der Waals surface area contributed by atoms with Gasteiger partial charge in [0, 0.05) is 37.6 Å². The molecule has 245 valence electrons. The molecule has 3 aromatic heterocycles. The van der Waals surface area contributed by atoms with Crippen molar-refractivity contribution in [1.29, 1.82) is 5.26 Å². The molecule has 12 heteroatoms. The van der Waals surface area contributed by atoms with Gasteiger partial charge in [-0.2, -0.15) is 5.26 Å². The normalized spacial score (nSPS) is 16.1. The number of benzene rings is 1. The molecule has 0 bridgehead atoms. The van der Waals surface area contributed by atoms with Gasteiger partial charge in [0.15, 0.2) is 5.65 Å². The van der Waals surface area contributed by atoms with E-state index in [2.05, 4.69) is 28.2 Å². The number of aromatic nitrogens is 4. The van der Waals surface area contributed by atoms with Crippen LogP contribution in [0.1, 0.15) is 81.0 Å². The van der Waals surface area contributed by atoms with Crippen LogP contribution in [0.5, 0.6) is 0 Å². The summed E-state index contributed by atoms with van der Waals surface area (Å²) in [6, 6.07) is 7.92. The molecule has 1 saturated carbocycles. The summed E-state index contributed by atoms with van der Waals surface area (Å²) >= 11 is 0. The smallest absolute Gasteiger partial charge is 0.410 e. The first-order chi connectivity index (χ1) is 21.4. The Morgan fingerprint density at radius 3 is 2.50 bits per heavy atom. The Kier molecular flexibility index (Phi) is 8.26. The van der Waals surface area contributed by atoms with E-state index in [1.165, 1.54) is 0 Å². The number of hydrogen-bond donors (Lipinski definition) is 1. The summed E-state index contributed by atoms with van der Waals surface area (Å²) in [6.45, 7) is 15.2. The topological polar surface area (TPSA) is 120 Å². The third kappa shape index (κ3) is 6.25. The van der Waals surface area contributed by atoms with Crippen LogP contribution in [0.2, 0.25) is 0 Å². The molecule has 0 spiro atoms. The van der Waals surface area contributed by atoms with Gasteiger partial charge in [0.2, 0.25) is 5.52 Å². The zero-order valence-electron chi connectivity index (χ0n) is 26.9. The molecule has 11 nitrogen and oxygen atoms in total. The second-order valence-corrected chi connectivity index (χ2v) is 13.2. The van der Waals surface area contributed by atoms with Crippen LogP contribution in [0.4, 0.5) is 16.2 Å². The molecule has 2 aliphatic rings. The van der Waals surface area contributed by atoms with Gasteiger partial charge >= 0.3 is 6.09 Å². The molecule has 2 fully saturated rings. The number of amides is 2. The van der Waals surface area contributed by atoms with Crippen LogP contribution in [-0.2, 0) is 4.74 Å². The fourth-order valence-electron chi connectivity index (χ4n) is 6.09. The maximum absolute atomic E-state index is 13.7. The van der Waals surface area contributed by atoms with E-state index in [0.717, 1.165) is 55.5 Å². The third-order valence-corrected chi connectivity index (χ3v) is 8.34. The van der Waals surface area contributed by atoms with Gasteiger partial charge in [0.1, 0.15) is 17.9 Å². The van der Waals surface area contributed by atoms with E-state index in [-0.39, 0.29) is 30.1 Å². The molecule has 1 atom stereocenters. The maximum Gasteiger partial charge on any atom is 0.410 e. The van der Waals surface area contributed by atoms with Crippen LogP contribution in [0.15, 0.2) is 43.1 Å². The molecule has 4 aromatic rings. The van der Waals surface area contributed by atoms with Crippen molar-refractivity contribution in [3.8, 4) is 6.07 Å². The average Bonchev–Trinajstić information content (AvgIpc) is 3.74. The molecule has 1 aliphatic heterocycles. The van der Waals surface area contributed by atoms with Crippen molar-refractivity contribution in [3.63, 3.8) is 0 Å². The molecule has 1 radical (unpaired) electrons. The molecule has 1 unspecified atom stereocenters. The van der Waals surface area contributed by atoms with Gasteiger partial charge in [0.25, 0.3) is 12.2 Å². The first-order valence-electron chi connectivity index (χ1n) is 15.6. The van der Waals surface area contributed by atoms with Crippen LogP contribution in [0.3, 0.4) is 0 Å². The van der Waals surface area contributed by atoms with Crippen LogP contribution in [0, 0.1) is 25.2 Å². The third-order valence-electron chi connectivity index (χ3n) is 8.34. The van der Waals surface area contributed by atoms with Gasteiger partial charge in [-0.3, -0.25) is 16.3 Å². The van der Waals surface area contributed by atoms with Crippen molar-refractivity contribution in [3.05, 3.63) is 66.9 Å². The van der Waals surface area contributed by atoms with Gasteiger partial charge in [-0.05, 0) is 82.6 Å². The number of nitriles is 1. The number of carbonyl (C=O) groups excluding carboxylic acids is 2. The first kappa shape index (κ1) is 31.7. The quantitative estimate of drug-likeness (QED) is 0.205. The van der Waals surface area contributed by atoms with E-state index < -0.39 is 5.60 Å². The van der Waals surface area contributed by atoms with E-state index in [1.807, 2.05) is 68.6 Å². The largest absolute Gasteiger partial charge is 0.444 e. The Morgan fingerprint density at radius 1 is 1.17 bits per heavy atom. The molecular weight excluding hydrogens is 820 g/mol. The van der Waals surface area contributed by atoms with Crippen LogP contribution in [-0.4, -0.2) is 62.0 Å². The first-order valence-corrected chi connectivity index (χ1v) is 15.6. The molecule has 46 heavy (non-hydrogen) atoms. The zero-order valence-corrected chi connectivity index (χ0v) is 29.4. The van der Waals surface area contributed by atoms with Crippen LogP contribution < -0.4 is 14.8 Å². The predicted octanol–water partition coefficient (Wildman–Crippen LogP) is 5.37. The van der Waals surface area contributed by atoms with Gasteiger partial charge in [-0.1, -0.05) is 6.92 Å². The minimum absolute atomic E-state index is 0. The van der Waals surface area contributed by atoms with Gasteiger partial charge in [-0.15, -0.1) is 0 Å². The molecule has 4 heterocycles. The van der Waals surface area contributed by atoms with Gasteiger partial charge in [0.05, 0.1) is 33.6 Å². The summed E-state index contributed by atoms with van der Waals surface area (Å²) in [6.07, 6.45) is 10.7. The summed E-state index contributed by atoms with van der Waals surface area (Å²) in [4.78, 5) is 40.2. The Balaban J connectivity index is 0.00000417. The minimum atomic E-state index is -0.533. The number of piperidine rings is 1. The Labute approximate surface area is 263 Å². The molecule has 1 N–H and O–H groups in total. The maximum atomic E-state index is 13.7. The number of carbonyl (C=O) groups is 2. The molecular formula is C34H40EsN8O3. The van der Waals surface area contributed by atoms with Crippen molar-refractivity contribution in [2.75, 3.05) is 23.3 Å². The van der Waals surface area contributed by atoms with E-state index >= 15 is 0 Å². The summed E-state index contributed by atoms with van der Waals surface area (Å²) < 4.78 is 9.46. The van der Waals surface area contributed by atoms with E-state index in [1.54, 1.807) is 23.0 Å². The van der Waals surface area contributed by atoms with E-state index in [0.29, 0.717) is 28.0 Å². The van der Waals surface area contributed by atoms with Crippen molar-refractivity contribution in [2.24, 2.45) is 0 Å². The predicted molar refractivity (Wildman–Crippen MR) is 171 cm³/mol. The monoisotopic (exact) mass is 860 g/mol. The number of pyridine rings is 1. The molecule has 1 saturated heterocycles.